The second-order valence-corrected chi connectivity index (χ2v) is 3.29. The number of aryl methyl sites for hydroxylation is 2. The highest BCUT2D eigenvalue weighted by Gasteiger charge is 2.14. The summed E-state index contributed by atoms with van der Waals surface area (Å²) in [7, 11) is 3.47. The van der Waals surface area contributed by atoms with Gasteiger partial charge in [0.15, 0.2) is 5.82 Å². The normalized spacial score (nSPS) is 13.0. The molecule has 2 rings (SSSR count). The lowest BCUT2D eigenvalue weighted by atomic mass is 10.2. The molecule has 1 atom stereocenters. The zero-order valence-electron chi connectivity index (χ0n) is 8.57. The molecule has 0 saturated heterocycles. The van der Waals surface area contributed by atoms with Gasteiger partial charge in [-0.3, -0.25) is 4.68 Å². The summed E-state index contributed by atoms with van der Waals surface area (Å²) in [5, 5.41) is 25.4. The zero-order chi connectivity index (χ0) is 10.8. The Kier molecular flexibility index (Phi) is 2.46. The smallest absolute Gasteiger partial charge is 0.177 e. The summed E-state index contributed by atoms with van der Waals surface area (Å²) in [6.45, 7) is 0. The molecule has 2 heterocycles. The molecular formula is C8H12N6O. The Balaban J connectivity index is 2.10. The maximum absolute atomic E-state index is 9.88. The van der Waals surface area contributed by atoms with Crippen LogP contribution in [0.25, 0.3) is 0 Å². The molecule has 0 spiro atoms. The Morgan fingerprint density at radius 3 is 2.80 bits per heavy atom. The predicted molar refractivity (Wildman–Crippen MR) is 50.7 cm³/mol. The van der Waals surface area contributed by atoms with Crippen LogP contribution in [0.5, 0.6) is 0 Å². The van der Waals surface area contributed by atoms with E-state index in [9.17, 15) is 5.11 Å². The van der Waals surface area contributed by atoms with E-state index in [4.69, 9.17) is 0 Å². The van der Waals surface area contributed by atoms with E-state index in [1.165, 1.54) is 4.80 Å². The van der Waals surface area contributed by atoms with Crippen molar-refractivity contribution in [3.8, 4) is 0 Å². The van der Waals surface area contributed by atoms with Crippen LogP contribution in [-0.2, 0) is 20.5 Å². The van der Waals surface area contributed by atoms with E-state index >= 15 is 0 Å². The van der Waals surface area contributed by atoms with Gasteiger partial charge < -0.3 is 5.11 Å². The number of tetrazole rings is 1. The Bertz CT molecular complexity index is 447. The van der Waals surface area contributed by atoms with Gasteiger partial charge in [-0.05, 0) is 11.3 Å². The molecule has 2 aromatic rings. The fourth-order valence-corrected chi connectivity index (χ4v) is 1.39. The molecule has 0 aliphatic heterocycles. The summed E-state index contributed by atoms with van der Waals surface area (Å²) >= 11 is 0. The Labute approximate surface area is 86.3 Å². The molecule has 0 aliphatic rings. The van der Waals surface area contributed by atoms with Crippen molar-refractivity contribution in [2.24, 2.45) is 14.1 Å². The highest BCUT2D eigenvalue weighted by molar-refractivity contribution is 5.05. The molecule has 2 aromatic heterocycles. The van der Waals surface area contributed by atoms with E-state index in [1.54, 1.807) is 31.0 Å². The average molecular weight is 208 g/mol. The van der Waals surface area contributed by atoms with Crippen molar-refractivity contribution in [3.63, 3.8) is 0 Å². The van der Waals surface area contributed by atoms with Gasteiger partial charge in [-0.2, -0.15) is 9.90 Å². The maximum Gasteiger partial charge on any atom is 0.177 e. The van der Waals surface area contributed by atoms with Crippen LogP contribution in [0.4, 0.5) is 0 Å². The van der Waals surface area contributed by atoms with Crippen LogP contribution >= 0.6 is 0 Å². The highest BCUT2D eigenvalue weighted by atomic mass is 16.3. The van der Waals surface area contributed by atoms with Crippen LogP contribution < -0.4 is 0 Å². The second kappa shape index (κ2) is 3.77. The van der Waals surface area contributed by atoms with Crippen LogP contribution in [0.2, 0.25) is 0 Å². The SMILES string of the molecule is Cn1nnc(CC(O)c2ccnn2C)n1. The summed E-state index contributed by atoms with van der Waals surface area (Å²) in [5.74, 6) is 0.520. The predicted octanol–water partition coefficient (Wildman–Crippen LogP) is -0.780. The minimum absolute atomic E-state index is 0.341. The number of nitrogens with zero attached hydrogens (tertiary/aromatic N) is 6. The van der Waals surface area contributed by atoms with Crippen molar-refractivity contribution < 1.29 is 5.11 Å². The Morgan fingerprint density at radius 2 is 2.27 bits per heavy atom. The number of aromatic nitrogens is 6. The molecule has 7 nitrogen and oxygen atoms in total. The molecule has 0 fully saturated rings. The van der Waals surface area contributed by atoms with Gasteiger partial charge in [0.25, 0.3) is 0 Å². The first-order chi connectivity index (χ1) is 7.16. The van der Waals surface area contributed by atoms with E-state index in [2.05, 4.69) is 20.5 Å². The van der Waals surface area contributed by atoms with Crippen molar-refractivity contribution in [2.45, 2.75) is 12.5 Å². The molecular weight excluding hydrogens is 196 g/mol. The van der Waals surface area contributed by atoms with Gasteiger partial charge in [0.05, 0.1) is 12.7 Å². The van der Waals surface area contributed by atoms with Crippen LogP contribution in [0, 0.1) is 0 Å². The summed E-state index contributed by atoms with van der Waals surface area (Å²) in [6.07, 6.45) is 1.33. The lowest BCUT2D eigenvalue weighted by Gasteiger charge is -2.07. The molecule has 0 bridgehead atoms. The van der Waals surface area contributed by atoms with Crippen molar-refractivity contribution >= 4 is 0 Å². The van der Waals surface area contributed by atoms with Crippen molar-refractivity contribution in [1.82, 2.24) is 30.0 Å². The van der Waals surface area contributed by atoms with Gasteiger partial charge in [0.2, 0.25) is 0 Å². The van der Waals surface area contributed by atoms with E-state index < -0.39 is 6.10 Å². The molecule has 0 radical (unpaired) electrons. The molecule has 0 aromatic carbocycles. The molecule has 0 saturated carbocycles. The molecule has 7 heteroatoms. The lowest BCUT2D eigenvalue weighted by Crippen LogP contribution is -2.09. The third-order valence-corrected chi connectivity index (χ3v) is 2.13. The lowest BCUT2D eigenvalue weighted by molar-refractivity contribution is 0.166. The molecule has 1 N–H and O–H groups in total. The molecule has 15 heavy (non-hydrogen) atoms. The van der Waals surface area contributed by atoms with Crippen LogP contribution in [0.15, 0.2) is 12.3 Å². The van der Waals surface area contributed by atoms with Crippen molar-refractivity contribution in [3.05, 3.63) is 23.8 Å². The first-order valence-electron chi connectivity index (χ1n) is 4.55. The van der Waals surface area contributed by atoms with E-state index in [0.717, 1.165) is 5.69 Å². The topological polar surface area (TPSA) is 81.6 Å². The van der Waals surface area contributed by atoms with Crippen LogP contribution in [0.3, 0.4) is 0 Å². The zero-order valence-corrected chi connectivity index (χ0v) is 8.57. The third kappa shape index (κ3) is 2.01. The number of hydrogen-bond acceptors (Lipinski definition) is 5. The van der Waals surface area contributed by atoms with E-state index in [-0.39, 0.29) is 0 Å². The maximum atomic E-state index is 9.88. The number of hydrogen-bond donors (Lipinski definition) is 1. The quantitative estimate of drug-likeness (QED) is 0.715. The van der Waals surface area contributed by atoms with Crippen LogP contribution in [-0.4, -0.2) is 35.1 Å². The highest BCUT2D eigenvalue weighted by Crippen LogP contribution is 2.14. The summed E-state index contributed by atoms with van der Waals surface area (Å²) in [5.41, 5.74) is 0.738. The summed E-state index contributed by atoms with van der Waals surface area (Å²) in [4.78, 5) is 1.37. The molecule has 0 amide bonds. The molecule has 80 valence electrons. The largest absolute Gasteiger partial charge is 0.386 e. The fourth-order valence-electron chi connectivity index (χ4n) is 1.39. The number of rotatable bonds is 3. The second-order valence-electron chi connectivity index (χ2n) is 3.29. The molecule has 0 aliphatic carbocycles. The first kappa shape index (κ1) is 9.78. The average Bonchev–Trinajstić information content (AvgIpc) is 2.75. The van der Waals surface area contributed by atoms with E-state index in [0.29, 0.717) is 12.2 Å². The summed E-state index contributed by atoms with van der Waals surface area (Å²) in [6, 6.07) is 1.76. The minimum Gasteiger partial charge on any atom is -0.386 e. The van der Waals surface area contributed by atoms with E-state index in [1.807, 2.05) is 0 Å². The Morgan fingerprint density at radius 1 is 1.47 bits per heavy atom. The van der Waals surface area contributed by atoms with Crippen molar-refractivity contribution in [2.75, 3.05) is 0 Å². The monoisotopic (exact) mass is 208 g/mol. The Hall–Kier alpha value is -1.76. The van der Waals surface area contributed by atoms with Crippen molar-refractivity contribution in [1.29, 1.82) is 0 Å². The van der Waals surface area contributed by atoms with Crippen LogP contribution in [0.1, 0.15) is 17.6 Å². The van der Waals surface area contributed by atoms with Gasteiger partial charge >= 0.3 is 0 Å². The van der Waals surface area contributed by atoms with Gasteiger partial charge in [-0.1, -0.05) is 0 Å². The minimum atomic E-state index is -0.651. The van der Waals surface area contributed by atoms with Gasteiger partial charge in [0, 0.05) is 19.7 Å². The van der Waals surface area contributed by atoms with Gasteiger partial charge in [-0.25, -0.2) is 0 Å². The van der Waals surface area contributed by atoms with Gasteiger partial charge in [-0.15, -0.1) is 10.2 Å². The van der Waals surface area contributed by atoms with Gasteiger partial charge in [0.1, 0.15) is 6.10 Å². The first-order valence-corrected chi connectivity index (χ1v) is 4.55. The number of aliphatic hydroxyl groups is 1. The third-order valence-electron chi connectivity index (χ3n) is 2.13. The fraction of sp³-hybridized carbons (Fsp3) is 0.500. The summed E-state index contributed by atoms with van der Waals surface area (Å²) < 4.78 is 1.63. The number of aliphatic hydroxyl groups excluding tert-OH is 1. The molecule has 1 unspecified atom stereocenters. The standard InChI is InChI=1S/C8H12N6O/c1-13-6(3-4-9-13)7(15)5-8-10-12-14(2)11-8/h3-4,7,15H,5H2,1-2H3.